The first kappa shape index (κ1) is 65.1. The molecule has 3 aromatic heterocycles. The maximum absolute atomic E-state index is 12.5. The number of ether oxygens (including phenoxy) is 1. The lowest BCUT2D eigenvalue weighted by molar-refractivity contribution is 0.282. The molecule has 8 rings (SSSR count). The van der Waals surface area contributed by atoms with Crippen molar-refractivity contribution >= 4 is 156 Å². The summed E-state index contributed by atoms with van der Waals surface area (Å²) in [5.41, 5.74) is -0.700. The number of pyridine rings is 1. The summed E-state index contributed by atoms with van der Waals surface area (Å²) in [6, 6.07) is 13.7. The van der Waals surface area contributed by atoms with Gasteiger partial charge in [-0.15, -0.1) is 50.0 Å². The van der Waals surface area contributed by atoms with Gasteiger partial charge in [-0.3, -0.25) is 27.2 Å². The molecule has 8 N–H and O–H groups in total. The van der Waals surface area contributed by atoms with Crippen molar-refractivity contribution in [2.45, 2.75) is 59.5 Å². The zero-order valence-electron chi connectivity index (χ0n) is 43.0. The molecule has 450 valence electrons. The summed E-state index contributed by atoms with van der Waals surface area (Å²) in [5, 5.41) is 68.5. The first-order chi connectivity index (χ1) is 39.6. The lowest BCUT2D eigenvalue weighted by Gasteiger charge is -2.12. The van der Waals surface area contributed by atoms with Crippen LogP contribution in [0.25, 0.3) is 37.7 Å². The summed E-state index contributed by atoms with van der Waals surface area (Å²) in [5.74, 6) is -2.04. The van der Waals surface area contributed by atoms with Crippen molar-refractivity contribution in [3.05, 3.63) is 88.5 Å². The highest BCUT2D eigenvalue weighted by molar-refractivity contribution is 7.99. The van der Waals surface area contributed by atoms with Gasteiger partial charge in [-0.1, -0.05) is 17.4 Å². The zero-order valence-corrected chi connectivity index (χ0v) is 49.5. The molecule has 0 aliphatic carbocycles. The molecule has 5 aromatic carbocycles. The van der Waals surface area contributed by atoms with Crippen molar-refractivity contribution < 1.29 is 97.5 Å². The number of thioether (sulfide) groups is 1. The normalized spacial score (nSPS) is 12.8. The van der Waals surface area contributed by atoms with Crippen molar-refractivity contribution in [1.82, 2.24) is 14.4 Å². The van der Waals surface area contributed by atoms with E-state index in [9.17, 15) is 85.4 Å². The summed E-state index contributed by atoms with van der Waals surface area (Å²) < 4.78 is 200. The van der Waals surface area contributed by atoms with Crippen molar-refractivity contribution in [2.75, 3.05) is 23.9 Å². The number of aromatic nitrogens is 3. The molecule has 0 saturated heterocycles. The van der Waals surface area contributed by atoms with Gasteiger partial charge in [0, 0.05) is 33.0 Å². The van der Waals surface area contributed by atoms with E-state index < -0.39 is 106 Å². The van der Waals surface area contributed by atoms with Crippen molar-refractivity contribution in [1.29, 1.82) is 5.26 Å². The fourth-order valence-corrected chi connectivity index (χ4v) is 12.8. The molecule has 32 nitrogen and oxygen atoms in total. The monoisotopic (exact) mass is 1330 g/mol. The quantitative estimate of drug-likeness (QED) is 0.0150. The summed E-state index contributed by atoms with van der Waals surface area (Å²) in [7, 11) is -26.3. The second kappa shape index (κ2) is 25.6. The molecular weight excluding hydrogens is 1290 g/mol. The molecule has 0 spiro atoms. The number of fused-ring (bicyclic) bond motifs is 6. The zero-order chi connectivity index (χ0) is 62.7. The summed E-state index contributed by atoms with van der Waals surface area (Å²) in [6.45, 7) is 1.14. The highest BCUT2D eigenvalue weighted by Crippen LogP contribution is 2.45. The molecule has 0 fully saturated rings. The van der Waals surface area contributed by atoms with Gasteiger partial charge in [0.2, 0.25) is 11.0 Å². The van der Waals surface area contributed by atoms with Gasteiger partial charge in [0.25, 0.3) is 50.6 Å². The predicted molar refractivity (Wildman–Crippen MR) is 300 cm³/mol. The molecule has 85 heavy (non-hydrogen) atoms. The number of azo groups is 3. The SMILES string of the molecule is Cc1cc(N=Nc2c(C)c(C#N)c3nc4cc(S(=O)(=O)O)cc(CO)c4n3c2O)c(OCCCS(=O)(=O)O)cc1N=Nc1cc(CO)c(N=Nc2nc3c(S(=O)(=O)O)cc4ccc(S(=O)(=O)O)cc4c3s2)cc1SCCCS(=O)(=O)O.O=S(=O)=O. The summed E-state index contributed by atoms with van der Waals surface area (Å²) >= 11 is 1.76. The average Bonchev–Trinajstić information content (AvgIpc) is 1.74. The molecular formula is C45H40N10O22S8. The van der Waals surface area contributed by atoms with E-state index in [0.29, 0.717) is 5.56 Å². The van der Waals surface area contributed by atoms with E-state index in [4.69, 9.17) is 17.4 Å². The standard InChI is InChI=1S/C45H40N10O19S7.O3S/c1-22-11-33(51-53-39-23(2)30(19-46)43-47-35-16-28(80(68,69)70)12-26(21-57)41(35)55(43)44(39)58)36(74-7-3-9-77(59,60)61)17-31(22)49-52-34-13-25(20-56)32(18-37(34)75-8-4-10-78(62,63)64)50-54-45-48-40-38(81(71,72)73)14-24-5-6-27(79(65,66)67)15-29(24)42(40)76-45;1-4(2)3/h5-6,11-18,56-58H,3-4,7-10,20-21H2,1-2H3,(H,59,60,61)(H,62,63,64)(H,65,66,67)(H,68,69,70)(H,71,72,73);. The molecule has 0 radical (unpaired) electrons. The van der Waals surface area contributed by atoms with Gasteiger partial charge >= 0.3 is 10.6 Å². The Hall–Kier alpha value is -7.47. The number of hydrogen-bond acceptors (Lipinski definition) is 28. The van der Waals surface area contributed by atoms with E-state index in [-0.39, 0.29) is 129 Å². The van der Waals surface area contributed by atoms with Gasteiger partial charge in [-0.05, 0) is 91.9 Å². The van der Waals surface area contributed by atoms with Crippen LogP contribution < -0.4 is 4.74 Å². The number of aryl methyl sites for hydroxylation is 1. The lowest BCUT2D eigenvalue weighted by atomic mass is 10.1. The largest absolute Gasteiger partial charge is 0.493 e. The minimum atomic E-state index is -4.92. The average molecular weight is 1330 g/mol. The first-order valence-electron chi connectivity index (χ1n) is 23.2. The molecule has 40 heteroatoms. The Morgan fingerprint density at radius 1 is 0.694 bits per heavy atom. The second-order valence-corrected chi connectivity index (χ2v) is 27.4. The van der Waals surface area contributed by atoms with Gasteiger partial charge in [-0.25, -0.2) is 9.97 Å². The minimum absolute atomic E-state index is 0.0170. The van der Waals surface area contributed by atoms with E-state index in [1.54, 1.807) is 6.92 Å². The Kier molecular flexibility index (Phi) is 19.6. The van der Waals surface area contributed by atoms with E-state index in [2.05, 4.69) is 40.7 Å². The third-order valence-electron chi connectivity index (χ3n) is 11.7. The molecule has 0 bridgehead atoms. The molecule has 0 atom stereocenters. The topological polar surface area (TPSA) is 521 Å². The van der Waals surface area contributed by atoms with Crippen molar-refractivity contribution in [3.8, 4) is 17.7 Å². The van der Waals surface area contributed by atoms with Gasteiger partial charge in [-0.2, -0.15) is 52.5 Å². The molecule has 3 heterocycles. The fourth-order valence-electron chi connectivity index (χ4n) is 7.98. The van der Waals surface area contributed by atoms with Crippen LogP contribution in [0.1, 0.15) is 40.7 Å². The van der Waals surface area contributed by atoms with Crippen LogP contribution in [0.15, 0.2) is 111 Å². The number of rotatable bonds is 21. The summed E-state index contributed by atoms with van der Waals surface area (Å²) in [4.78, 5) is 6.99. The summed E-state index contributed by atoms with van der Waals surface area (Å²) in [6.07, 6.45) is -0.293. The van der Waals surface area contributed by atoms with Crippen LogP contribution in [0.3, 0.4) is 0 Å². The maximum atomic E-state index is 12.5. The minimum Gasteiger partial charge on any atom is -0.493 e. The number of nitrogens with zero attached hydrogens (tertiary/aromatic N) is 10. The third kappa shape index (κ3) is 15.7. The number of nitriles is 1. The number of aliphatic hydroxyl groups excluding tert-OH is 2. The van der Waals surface area contributed by atoms with Crippen LogP contribution in [0, 0.1) is 25.2 Å². The molecule has 0 saturated carbocycles. The lowest BCUT2D eigenvalue weighted by Crippen LogP contribution is -2.08. The van der Waals surface area contributed by atoms with Crippen LogP contribution in [0.5, 0.6) is 11.6 Å². The van der Waals surface area contributed by atoms with Crippen LogP contribution in [0.4, 0.5) is 33.6 Å². The highest BCUT2D eigenvalue weighted by Gasteiger charge is 2.26. The van der Waals surface area contributed by atoms with Crippen LogP contribution in [0.2, 0.25) is 0 Å². The number of thiazole rings is 1. The van der Waals surface area contributed by atoms with Crippen LogP contribution in [-0.4, -0.2) is 131 Å². The fraction of sp³-hybridized carbons (Fsp3) is 0.222. The van der Waals surface area contributed by atoms with Gasteiger partial charge in [0.15, 0.2) is 11.3 Å². The molecule has 0 unspecified atom stereocenters. The highest BCUT2D eigenvalue weighted by atomic mass is 32.2. The van der Waals surface area contributed by atoms with E-state index in [1.807, 2.05) is 6.07 Å². The van der Waals surface area contributed by atoms with Crippen LogP contribution >= 0.6 is 23.1 Å². The van der Waals surface area contributed by atoms with Crippen LogP contribution in [-0.2, 0) is 74.4 Å². The Labute approximate surface area is 489 Å². The van der Waals surface area contributed by atoms with Gasteiger partial charge in [0.05, 0.1) is 73.9 Å². The number of aromatic hydroxyl groups is 1. The van der Waals surface area contributed by atoms with Gasteiger partial charge < -0.3 is 20.1 Å². The molecule has 0 aliphatic heterocycles. The van der Waals surface area contributed by atoms with E-state index >= 15 is 0 Å². The number of aliphatic hydroxyl groups is 2. The predicted octanol–water partition coefficient (Wildman–Crippen LogP) is 7.44. The van der Waals surface area contributed by atoms with E-state index in [1.165, 1.54) is 37.3 Å². The van der Waals surface area contributed by atoms with Gasteiger partial charge in [0.1, 0.15) is 33.5 Å². The smallest absolute Gasteiger partial charge is 0.425 e. The number of hydrogen-bond donors (Lipinski definition) is 8. The molecule has 0 amide bonds. The number of imidazole rings is 1. The Morgan fingerprint density at radius 2 is 1.32 bits per heavy atom. The maximum Gasteiger partial charge on any atom is 0.425 e. The number of benzene rings is 5. The Morgan fingerprint density at radius 3 is 1.93 bits per heavy atom. The van der Waals surface area contributed by atoms with Crippen molar-refractivity contribution in [2.24, 2.45) is 30.7 Å². The Bertz CT molecular complexity index is 4910. The molecule has 8 aromatic rings. The Balaban J connectivity index is 0.00000251. The second-order valence-electron chi connectivity index (χ2n) is 17.5. The van der Waals surface area contributed by atoms with Crippen molar-refractivity contribution in [3.63, 3.8) is 0 Å². The first-order valence-corrected chi connectivity index (χ1v) is 33.6. The van der Waals surface area contributed by atoms with E-state index in [0.717, 1.165) is 57.8 Å². The molecule has 0 aliphatic rings. The third-order valence-corrected chi connectivity index (χ3v) is 18.0.